The number of ether oxygens (including phenoxy) is 2. The Kier molecular flexibility index (Phi) is 8.50. The number of carboxylic acids is 1. The number of amides is 1. The number of carbonyl (C=O) groups excluding carboxylic acids is 1. The SMILES string of the molecule is Cc1nc(-c2ccc(C[C@H](NC(=O)c3c(F)cc(N4CCO[C@@H](C)C4)cc3F)C(=O)O)c3c2OCCC3)c(=O)n(C)c1C. The van der Waals surface area contributed by atoms with Gasteiger partial charge in [0, 0.05) is 43.5 Å². The molecule has 1 aromatic heterocycles. The van der Waals surface area contributed by atoms with Crippen molar-refractivity contribution < 1.29 is 33.0 Å². The molecule has 1 fully saturated rings. The minimum absolute atomic E-state index is 0.119. The van der Waals surface area contributed by atoms with Gasteiger partial charge in [0.1, 0.15) is 34.7 Å². The Morgan fingerprint density at radius 1 is 1.19 bits per heavy atom. The van der Waals surface area contributed by atoms with Gasteiger partial charge in [-0.1, -0.05) is 6.07 Å². The number of carboxylic acid groups (broad SMARTS) is 1. The molecule has 0 radical (unpaired) electrons. The molecule has 228 valence electrons. The summed E-state index contributed by atoms with van der Waals surface area (Å²) in [6.45, 7) is 7.16. The van der Waals surface area contributed by atoms with Crippen LogP contribution in [-0.2, 0) is 29.4 Å². The van der Waals surface area contributed by atoms with Crippen molar-refractivity contribution in [1.82, 2.24) is 14.9 Å². The summed E-state index contributed by atoms with van der Waals surface area (Å²) in [5.41, 5.74) is 2.55. The largest absolute Gasteiger partial charge is 0.493 e. The van der Waals surface area contributed by atoms with E-state index in [9.17, 15) is 19.5 Å². The highest BCUT2D eigenvalue weighted by Crippen LogP contribution is 2.37. The van der Waals surface area contributed by atoms with E-state index in [1.165, 1.54) is 4.57 Å². The lowest BCUT2D eigenvalue weighted by Crippen LogP contribution is -2.43. The van der Waals surface area contributed by atoms with Gasteiger partial charge in [-0.3, -0.25) is 9.59 Å². The fraction of sp³-hybridized carbons (Fsp3) is 0.419. The number of hydrogen-bond donors (Lipinski definition) is 2. The molecular weight excluding hydrogens is 562 g/mol. The summed E-state index contributed by atoms with van der Waals surface area (Å²) in [4.78, 5) is 44.6. The molecule has 43 heavy (non-hydrogen) atoms. The summed E-state index contributed by atoms with van der Waals surface area (Å²) in [6, 6.07) is 3.99. The Morgan fingerprint density at radius 2 is 1.91 bits per heavy atom. The van der Waals surface area contributed by atoms with Gasteiger partial charge in [0.25, 0.3) is 11.5 Å². The number of nitrogens with one attached hydrogen (secondary N) is 1. The predicted octanol–water partition coefficient (Wildman–Crippen LogP) is 3.32. The Morgan fingerprint density at radius 3 is 2.58 bits per heavy atom. The molecule has 10 nitrogen and oxygen atoms in total. The molecular formula is C31H34F2N4O6. The molecule has 2 aliphatic heterocycles. The fourth-order valence-electron chi connectivity index (χ4n) is 5.60. The molecule has 2 atom stereocenters. The highest BCUT2D eigenvalue weighted by molar-refractivity contribution is 5.97. The van der Waals surface area contributed by atoms with Crippen LogP contribution in [0.5, 0.6) is 5.75 Å². The van der Waals surface area contributed by atoms with Crippen molar-refractivity contribution in [2.24, 2.45) is 7.05 Å². The van der Waals surface area contributed by atoms with Crippen LogP contribution in [0.3, 0.4) is 0 Å². The fourth-order valence-corrected chi connectivity index (χ4v) is 5.60. The number of rotatable bonds is 7. The van der Waals surface area contributed by atoms with Gasteiger partial charge in [0.2, 0.25) is 0 Å². The van der Waals surface area contributed by atoms with E-state index in [1.54, 1.807) is 31.0 Å². The number of nitrogens with zero attached hydrogens (tertiary/aromatic N) is 3. The molecule has 3 aromatic rings. The summed E-state index contributed by atoms with van der Waals surface area (Å²) in [6.07, 6.45) is 0.927. The normalized spacial score (nSPS) is 17.2. The van der Waals surface area contributed by atoms with E-state index in [0.29, 0.717) is 67.3 Å². The maximum absolute atomic E-state index is 15.1. The topological polar surface area (TPSA) is 123 Å². The first-order valence-corrected chi connectivity index (χ1v) is 14.2. The van der Waals surface area contributed by atoms with Gasteiger partial charge in [-0.15, -0.1) is 0 Å². The molecule has 1 saturated heterocycles. The Hall–Kier alpha value is -4.32. The molecule has 2 aromatic carbocycles. The molecule has 2 aliphatic rings. The van der Waals surface area contributed by atoms with Crippen LogP contribution in [0.15, 0.2) is 29.1 Å². The van der Waals surface area contributed by atoms with Crippen LogP contribution >= 0.6 is 0 Å². The first-order valence-electron chi connectivity index (χ1n) is 14.2. The Labute approximate surface area is 247 Å². The van der Waals surface area contributed by atoms with Crippen LogP contribution in [0, 0.1) is 25.5 Å². The molecule has 0 spiro atoms. The molecule has 12 heteroatoms. The maximum atomic E-state index is 15.1. The molecule has 0 unspecified atom stereocenters. The zero-order valence-electron chi connectivity index (χ0n) is 24.5. The second kappa shape index (κ2) is 12.1. The number of hydrogen-bond acceptors (Lipinski definition) is 7. The van der Waals surface area contributed by atoms with Crippen molar-refractivity contribution in [2.75, 3.05) is 31.2 Å². The molecule has 0 aliphatic carbocycles. The number of benzene rings is 2. The Balaban J connectivity index is 1.42. The summed E-state index contributed by atoms with van der Waals surface area (Å²) in [5.74, 6) is -4.28. The first-order chi connectivity index (χ1) is 20.5. The summed E-state index contributed by atoms with van der Waals surface area (Å²) in [5, 5.41) is 12.3. The Bertz CT molecular complexity index is 1630. The van der Waals surface area contributed by atoms with Gasteiger partial charge in [0.05, 0.1) is 25.0 Å². The zero-order chi connectivity index (χ0) is 31.0. The summed E-state index contributed by atoms with van der Waals surface area (Å²) >= 11 is 0. The quantitative estimate of drug-likeness (QED) is 0.426. The van der Waals surface area contributed by atoms with Crippen molar-refractivity contribution in [2.45, 2.75) is 52.2 Å². The number of morpholine rings is 1. The second-order valence-corrected chi connectivity index (χ2v) is 11.0. The van der Waals surface area contributed by atoms with Crippen molar-refractivity contribution in [1.29, 1.82) is 0 Å². The highest BCUT2D eigenvalue weighted by atomic mass is 19.1. The van der Waals surface area contributed by atoms with Crippen LogP contribution in [0.4, 0.5) is 14.5 Å². The molecule has 0 saturated carbocycles. The van der Waals surface area contributed by atoms with E-state index in [0.717, 1.165) is 17.8 Å². The smallest absolute Gasteiger partial charge is 0.326 e. The zero-order valence-corrected chi connectivity index (χ0v) is 24.5. The van der Waals surface area contributed by atoms with Gasteiger partial charge in [-0.2, -0.15) is 0 Å². The third-order valence-electron chi connectivity index (χ3n) is 8.13. The van der Waals surface area contributed by atoms with Gasteiger partial charge in [-0.25, -0.2) is 18.6 Å². The third-order valence-corrected chi connectivity index (χ3v) is 8.13. The van der Waals surface area contributed by atoms with Crippen molar-refractivity contribution in [3.63, 3.8) is 0 Å². The van der Waals surface area contributed by atoms with Gasteiger partial charge in [-0.05, 0) is 62.9 Å². The monoisotopic (exact) mass is 596 g/mol. The van der Waals surface area contributed by atoms with Gasteiger partial charge in [0.15, 0.2) is 0 Å². The number of aromatic nitrogens is 2. The van der Waals surface area contributed by atoms with Crippen LogP contribution in [-0.4, -0.2) is 65.0 Å². The lowest BCUT2D eigenvalue weighted by molar-refractivity contribution is -0.139. The lowest BCUT2D eigenvalue weighted by Gasteiger charge is -2.33. The number of halogens is 2. The van der Waals surface area contributed by atoms with Gasteiger partial charge >= 0.3 is 5.97 Å². The van der Waals surface area contributed by atoms with Crippen molar-refractivity contribution in [3.05, 3.63) is 74.3 Å². The van der Waals surface area contributed by atoms with Gasteiger partial charge < -0.3 is 29.4 Å². The molecule has 1 amide bonds. The minimum Gasteiger partial charge on any atom is -0.493 e. The predicted molar refractivity (Wildman–Crippen MR) is 155 cm³/mol. The summed E-state index contributed by atoms with van der Waals surface area (Å²) in [7, 11) is 1.67. The van der Waals surface area contributed by atoms with Crippen molar-refractivity contribution in [3.8, 4) is 17.0 Å². The van der Waals surface area contributed by atoms with E-state index in [1.807, 2.05) is 13.8 Å². The van der Waals surface area contributed by atoms with Crippen LogP contribution in [0.2, 0.25) is 0 Å². The van der Waals surface area contributed by atoms with Crippen LogP contribution < -0.4 is 20.5 Å². The third kappa shape index (κ3) is 5.96. The number of aryl methyl sites for hydroxylation is 1. The number of fused-ring (bicyclic) bond motifs is 1. The van der Waals surface area contributed by atoms with E-state index in [4.69, 9.17) is 9.47 Å². The highest BCUT2D eigenvalue weighted by Gasteiger charge is 2.30. The molecule has 2 N–H and O–H groups in total. The maximum Gasteiger partial charge on any atom is 0.326 e. The first kappa shape index (κ1) is 30.1. The number of aliphatic carboxylic acids is 1. The lowest BCUT2D eigenvalue weighted by atomic mass is 9.91. The van der Waals surface area contributed by atoms with E-state index < -0.39 is 35.1 Å². The van der Waals surface area contributed by atoms with Crippen LogP contribution in [0.25, 0.3) is 11.3 Å². The average molecular weight is 597 g/mol. The summed E-state index contributed by atoms with van der Waals surface area (Å²) < 4.78 is 43.1. The number of anilines is 1. The average Bonchev–Trinajstić information content (AvgIpc) is 2.97. The van der Waals surface area contributed by atoms with E-state index >= 15 is 8.78 Å². The molecule has 5 rings (SSSR count). The van der Waals surface area contributed by atoms with Crippen molar-refractivity contribution >= 4 is 17.6 Å². The molecule has 3 heterocycles. The standard InChI is InChI=1S/C31H34F2N4O6/c1-16-15-37(9-11-42-16)20-13-23(32)26(24(33)14-20)29(38)35-25(31(40)41)12-19-7-8-22(28-21(19)6-5-10-43-28)27-30(39)36(4)18(3)17(2)34-27/h7-8,13-14,16,25H,5-6,9-12,15H2,1-4H3,(H,35,38)(H,40,41)/t16-,25-/m0/s1. The van der Waals surface area contributed by atoms with E-state index in [2.05, 4.69) is 10.3 Å². The molecule has 0 bridgehead atoms. The second-order valence-electron chi connectivity index (χ2n) is 11.0. The minimum atomic E-state index is -1.49. The number of carbonyl (C=O) groups is 2. The van der Waals surface area contributed by atoms with Crippen LogP contribution in [0.1, 0.15) is 46.2 Å². The van der Waals surface area contributed by atoms with E-state index in [-0.39, 0.29) is 29.5 Å².